The van der Waals surface area contributed by atoms with E-state index in [1.165, 1.54) is 19.3 Å². The summed E-state index contributed by atoms with van der Waals surface area (Å²) in [6.45, 7) is 1.16. The number of pyridine rings is 1. The predicted octanol–water partition coefficient (Wildman–Crippen LogP) is 2.07. The molecule has 0 aromatic carbocycles. The normalized spacial score (nSPS) is 22.1. The maximum absolute atomic E-state index is 5.94. The van der Waals surface area contributed by atoms with Gasteiger partial charge in [-0.15, -0.1) is 0 Å². The van der Waals surface area contributed by atoms with E-state index in [1.807, 2.05) is 22.6 Å². The SMILES string of the molecule is CN1CCCCC1c1cn2c(N)cccc2n1. The van der Waals surface area contributed by atoms with E-state index in [0.717, 1.165) is 23.7 Å². The zero-order chi connectivity index (χ0) is 11.8. The Morgan fingerprint density at radius 3 is 3.00 bits per heavy atom. The molecule has 1 saturated heterocycles. The lowest BCUT2D eigenvalue weighted by molar-refractivity contribution is 0.184. The molecular weight excluding hydrogens is 212 g/mol. The van der Waals surface area contributed by atoms with E-state index in [2.05, 4.69) is 23.1 Å². The van der Waals surface area contributed by atoms with Crippen molar-refractivity contribution in [1.82, 2.24) is 14.3 Å². The van der Waals surface area contributed by atoms with E-state index >= 15 is 0 Å². The molecule has 1 unspecified atom stereocenters. The minimum atomic E-state index is 0.447. The van der Waals surface area contributed by atoms with Crippen molar-refractivity contribution >= 4 is 11.5 Å². The summed E-state index contributed by atoms with van der Waals surface area (Å²) in [5.41, 5.74) is 8.03. The van der Waals surface area contributed by atoms with Gasteiger partial charge in [-0.1, -0.05) is 12.5 Å². The number of aromatic nitrogens is 2. The molecule has 1 fully saturated rings. The molecule has 0 aliphatic carbocycles. The van der Waals surface area contributed by atoms with Crippen LogP contribution in [0.2, 0.25) is 0 Å². The van der Waals surface area contributed by atoms with Crippen LogP contribution >= 0.6 is 0 Å². The van der Waals surface area contributed by atoms with Crippen LogP contribution < -0.4 is 5.73 Å². The molecule has 3 heterocycles. The minimum Gasteiger partial charge on any atom is -0.385 e. The van der Waals surface area contributed by atoms with Gasteiger partial charge in [-0.05, 0) is 38.6 Å². The molecule has 1 aliphatic rings. The van der Waals surface area contributed by atoms with Gasteiger partial charge >= 0.3 is 0 Å². The smallest absolute Gasteiger partial charge is 0.138 e. The zero-order valence-electron chi connectivity index (χ0n) is 10.1. The van der Waals surface area contributed by atoms with Crippen LogP contribution in [0.3, 0.4) is 0 Å². The van der Waals surface area contributed by atoms with Gasteiger partial charge in [0.15, 0.2) is 0 Å². The summed E-state index contributed by atoms with van der Waals surface area (Å²) >= 11 is 0. The molecule has 1 atom stereocenters. The van der Waals surface area contributed by atoms with Crippen molar-refractivity contribution in [2.24, 2.45) is 0 Å². The zero-order valence-corrected chi connectivity index (χ0v) is 10.1. The van der Waals surface area contributed by atoms with Gasteiger partial charge in [0.1, 0.15) is 11.5 Å². The summed E-state index contributed by atoms with van der Waals surface area (Å²) in [5, 5.41) is 0. The van der Waals surface area contributed by atoms with Crippen molar-refractivity contribution in [3.05, 3.63) is 30.1 Å². The van der Waals surface area contributed by atoms with Gasteiger partial charge in [0, 0.05) is 6.20 Å². The van der Waals surface area contributed by atoms with Crippen LogP contribution in [0.15, 0.2) is 24.4 Å². The average Bonchev–Trinajstić information content (AvgIpc) is 2.75. The molecule has 0 spiro atoms. The lowest BCUT2D eigenvalue weighted by Crippen LogP contribution is -2.29. The molecule has 2 aromatic heterocycles. The first kappa shape index (κ1) is 10.6. The number of likely N-dealkylation sites (tertiary alicyclic amines) is 1. The first-order valence-corrected chi connectivity index (χ1v) is 6.19. The topological polar surface area (TPSA) is 46.6 Å². The molecule has 4 heteroatoms. The summed E-state index contributed by atoms with van der Waals surface area (Å²) in [6, 6.07) is 6.31. The second-order valence-electron chi connectivity index (χ2n) is 4.84. The molecule has 0 amide bonds. The summed E-state index contributed by atoms with van der Waals surface area (Å²) < 4.78 is 1.97. The van der Waals surface area contributed by atoms with Gasteiger partial charge in [-0.3, -0.25) is 9.30 Å². The van der Waals surface area contributed by atoms with Crippen molar-refractivity contribution in [2.75, 3.05) is 19.3 Å². The number of nitrogens with two attached hydrogens (primary N) is 1. The fraction of sp³-hybridized carbons (Fsp3) is 0.462. The summed E-state index contributed by atoms with van der Waals surface area (Å²) in [7, 11) is 2.18. The van der Waals surface area contributed by atoms with E-state index in [-0.39, 0.29) is 0 Å². The predicted molar refractivity (Wildman–Crippen MR) is 68.8 cm³/mol. The summed E-state index contributed by atoms with van der Waals surface area (Å²) in [4.78, 5) is 7.08. The number of imidazole rings is 1. The molecule has 0 bridgehead atoms. The molecular formula is C13H18N4. The average molecular weight is 230 g/mol. The number of rotatable bonds is 1. The van der Waals surface area contributed by atoms with Crippen molar-refractivity contribution in [3.8, 4) is 0 Å². The molecule has 0 radical (unpaired) electrons. The molecule has 3 rings (SSSR count). The van der Waals surface area contributed by atoms with Gasteiger partial charge in [0.2, 0.25) is 0 Å². The fourth-order valence-corrected chi connectivity index (χ4v) is 2.66. The van der Waals surface area contributed by atoms with Crippen LogP contribution in [0.1, 0.15) is 31.0 Å². The molecule has 1 aliphatic heterocycles. The Morgan fingerprint density at radius 2 is 2.24 bits per heavy atom. The monoisotopic (exact) mass is 230 g/mol. The lowest BCUT2D eigenvalue weighted by atomic mass is 10.0. The van der Waals surface area contributed by atoms with Crippen LogP contribution in [0.5, 0.6) is 0 Å². The standard InChI is InChI=1S/C13H18N4/c1-16-8-3-2-5-11(16)10-9-17-12(14)6-4-7-13(17)15-10/h4,6-7,9,11H,2-3,5,8,14H2,1H3. The second-order valence-corrected chi connectivity index (χ2v) is 4.84. The molecule has 90 valence electrons. The molecule has 0 saturated carbocycles. The van der Waals surface area contributed by atoms with Crippen molar-refractivity contribution in [2.45, 2.75) is 25.3 Å². The van der Waals surface area contributed by atoms with Gasteiger partial charge in [0.05, 0.1) is 11.7 Å². The minimum absolute atomic E-state index is 0.447. The third kappa shape index (κ3) is 1.78. The van der Waals surface area contributed by atoms with E-state index in [4.69, 9.17) is 5.73 Å². The van der Waals surface area contributed by atoms with Crippen LogP contribution in [0, 0.1) is 0 Å². The van der Waals surface area contributed by atoms with Gasteiger partial charge in [-0.25, -0.2) is 4.98 Å². The van der Waals surface area contributed by atoms with Crippen molar-refractivity contribution in [1.29, 1.82) is 0 Å². The highest BCUT2D eigenvalue weighted by atomic mass is 15.2. The first-order valence-electron chi connectivity index (χ1n) is 6.19. The number of anilines is 1. The van der Waals surface area contributed by atoms with E-state index in [9.17, 15) is 0 Å². The summed E-state index contributed by atoms with van der Waals surface area (Å²) in [6.07, 6.45) is 5.86. The molecule has 4 nitrogen and oxygen atoms in total. The quantitative estimate of drug-likeness (QED) is 0.815. The lowest BCUT2D eigenvalue weighted by Gasteiger charge is -2.31. The first-order chi connectivity index (χ1) is 8.25. The number of piperidine rings is 1. The maximum Gasteiger partial charge on any atom is 0.138 e. The largest absolute Gasteiger partial charge is 0.385 e. The Balaban J connectivity index is 2.02. The Labute approximate surface area is 101 Å². The number of nitrogen functional groups attached to an aromatic ring is 1. The third-order valence-electron chi connectivity index (χ3n) is 3.65. The second kappa shape index (κ2) is 4.04. The summed E-state index contributed by atoms with van der Waals surface area (Å²) in [5.74, 6) is 0.750. The van der Waals surface area contributed by atoms with Crippen LogP contribution in [0.25, 0.3) is 5.65 Å². The maximum atomic E-state index is 5.94. The fourth-order valence-electron chi connectivity index (χ4n) is 2.66. The molecule has 2 N–H and O–H groups in total. The highest BCUT2D eigenvalue weighted by Crippen LogP contribution is 2.29. The highest BCUT2D eigenvalue weighted by Gasteiger charge is 2.23. The van der Waals surface area contributed by atoms with E-state index in [1.54, 1.807) is 0 Å². The van der Waals surface area contributed by atoms with Crippen LogP contribution in [0.4, 0.5) is 5.82 Å². The van der Waals surface area contributed by atoms with Gasteiger partial charge in [-0.2, -0.15) is 0 Å². The highest BCUT2D eigenvalue weighted by molar-refractivity contribution is 5.48. The number of hydrogen-bond acceptors (Lipinski definition) is 3. The Hall–Kier alpha value is -1.55. The van der Waals surface area contributed by atoms with Gasteiger partial charge in [0.25, 0.3) is 0 Å². The Morgan fingerprint density at radius 1 is 1.35 bits per heavy atom. The molecule has 2 aromatic rings. The molecule has 17 heavy (non-hydrogen) atoms. The third-order valence-corrected chi connectivity index (χ3v) is 3.65. The Bertz CT molecular complexity index is 531. The Kier molecular flexibility index (Phi) is 2.52. The number of fused-ring (bicyclic) bond motifs is 1. The van der Waals surface area contributed by atoms with E-state index in [0.29, 0.717) is 6.04 Å². The van der Waals surface area contributed by atoms with Crippen LogP contribution in [-0.4, -0.2) is 27.9 Å². The number of hydrogen-bond donors (Lipinski definition) is 1. The van der Waals surface area contributed by atoms with E-state index < -0.39 is 0 Å². The van der Waals surface area contributed by atoms with Gasteiger partial charge < -0.3 is 5.73 Å². The number of nitrogens with zero attached hydrogens (tertiary/aromatic N) is 3. The van der Waals surface area contributed by atoms with Crippen molar-refractivity contribution < 1.29 is 0 Å². The van der Waals surface area contributed by atoms with Crippen molar-refractivity contribution in [3.63, 3.8) is 0 Å². The van der Waals surface area contributed by atoms with Crippen LogP contribution in [-0.2, 0) is 0 Å².